The van der Waals surface area contributed by atoms with Crippen molar-refractivity contribution in [2.45, 2.75) is 13.8 Å². The summed E-state index contributed by atoms with van der Waals surface area (Å²) in [6.45, 7) is 2.96. The van der Waals surface area contributed by atoms with E-state index >= 15 is 0 Å². The number of amides is 4. The molecular formula is C12H10ClIN2O3. The summed E-state index contributed by atoms with van der Waals surface area (Å²) in [6.07, 6.45) is 0. The normalized spacial score (nSPS) is 18.5. The molecule has 4 amide bonds. The number of benzene rings is 1. The van der Waals surface area contributed by atoms with Crippen LogP contribution in [0, 0.1) is 8.99 Å². The highest BCUT2D eigenvalue weighted by Gasteiger charge is 2.47. The van der Waals surface area contributed by atoms with Crippen LogP contribution in [0.15, 0.2) is 18.2 Å². The standard InChI is InChI=1S/C12H10ClIN2O3/c1-12(2)9(17)15-11(19)16(10(12)18)8-4-3-6(13)5-7(8)14/h3-5H,1-2H3,(H,15,17,19). The van der Waals surface area contributed by atoms with Gasteiger partial charge in [-0.1, -0.05) is 11.6 Å². The number of urea groups is 1. The van der Waals surface area contributed by atoms with Gasteiger partial charge in [-0.2, -0.15) is 0 Å². The largest absolute Gasteiger partial charge is 0.335 e. The summed E-state index contributed by atoms with van der Waals surface area (Å²) >= 11 is 7.83. The van der Waals surface area contributed by atoms with Gasteiger partial charge in [0.2, 0.25) is 11.8 Å². The zero-order valence-corrected chi connectivity index (χ0v) is 13.1. The molecule has 0 saturated carbocycles. The Bertz CT molecular complexity index is 601. The molecule has 0 aromatic heterocycles. The van der Waals surface area contributed by atoms with Crippen LogP contribution in [-0.2, 0) is 9.59 Å². The third-order valence-electron chi connectivity index (χ3n) is 2.88. The number of hydrogen-bond donors (Lipinski definition) is 1. The van der Waals surface area contributed by atoms with Crippen molar-refractivity contribution in [2.75, 3.05) is 4.90 Å². The second-order valence-corrected chi connectivity index (χ2v) is 6.22. The summed E-state index contributed by atoms with van der Waals surface area (Å²) in [5, 5.41) is 2.69. The van der Waals surface area contributed by atoms with Gasteiger partial charge in [-0.15, -0.1) is 0 Å². The number of anilines is 1. The van der Waals surface area contributed by atoms with Crippen molar-refractivity contribution in [2.24, 2.45) is 5.41 Å². The van der Waals surface area contributed by atoms with Gasteiger partial charge >= 0.3 is 6.03 Å². The first-order valence-corrected chi connectivity index (χ1v) is 6.86. The molecule has 0 aliphatic carbocycles. The summed E-state index contributed by atoms with van der Waals surface area (Å²) in [7, 11) is 0. The molecule has 1 heterocycles. The van der Waals surface area contributed by atoms with Gasteiger partial charge in [0.25, 0.3) is 0 Å². The molecule has 5 nitrogen and oxygen atoms in total. The first-order chi connectivity index (χ1) is 8.75. The van der Waals surface area contributed by atoms with Crippen molar-refractivity contribution < 1.29 is 14.4 Å². The Morgan fingerprint density at radius 3 is 2.47 bits per heavy atom. The second-order valence-electron chi connectivity index (χ2n) is 4.62. The maximum atomic E-state index is 12.3. The number of rotatable bonds is 1. The van der Waals surface area contributed by atoms with Crippen LogP contribution in [0.5, 0.6) is 0 Å². The molecule has 0 spiro atoms. The summed E-state index contributed by atoms with van der Waals surface area (Å²) in [5.41, 5.74) is -0.871. The summed E-state index contributed by atoms with van der Waals surface area (Å²) in [5.74, 6) is -1.15. The lowest BCUT2D eigenvalue weighted by Gasteiger charge is -2.34. The Hall–Kier alpha value is -1.15. The van der Waals surface area contributed by atoms with Crippen molar-refractivity contribution in [3.05, 3.63) is 26.8 Å². The van der Waals surface area contributed by atoms with Gasteiger partial charge in [0.15, 0.2) is 0 Å². The fourth-order valence-electron chi connectivity index (χ4n) is 1.66. The van der Waals surface area contributed by atoms with E-state index in [1.165, 1.54) is 13.8 Å². The molecule has 0 unspecified atom stereocenters. The van der Waals surface area contributed by atoms with Gasteiger partial charge in [-0.25, -0.2) is 9.69 Å². The van der Waals surface area contributed by atoms with Crippen LogP contribution in [0.25, 0.3) is 0 Å². The maximum absolute atomic E-state index is 12.3. The summed E-state index contributed by atoms with van der Waals surface area (Å²) < 4.78 is 0.652. The smallest absolute Gasteiger partial charge is 0.276 e. The van der Waals surface area contributed by atoms with E-state index in [1.807, 2.05) is 22.6 Å². The highest BCUT2D eigenvalue weighted by atomic mass is 127. The number of carbonyl (C=O) groups excluding carboxylic acids is 3. The van der Waals surface area contributed by atoms with Gasteiger partial charge in [-0.05, 0) is 54.6 Å². The molecule has 1 fully saturated rings. The van der Waals surface area contributed by atoms with Crippen molar-refractivity contribution in [3.8, 4) is 0 Å². The predicted molar refractivity (Wildman–Crippen MR) is 79.0 cm³/mol. The van der Waals surface area contributed by atoms with Crippen LogP contribution in [-0.4, -0.2) is 17.8 Å². The molecule has 19 heavy (non-hydrogen) atoms. The minimum Gasteiger partial charge on any atom is -0.276 e. The Balaban J connectivity index is 2.52. The van der Waals surface area contributed by atoms with E-state index in [0.29, 0.717) is 14.3 Å². The second kappa shape index (κ2) is 4.75. The van der Waals surface area contributed by atoms with Gasteiger partial charge < -0.3 is 0 Å². The van der Waals surface area contributed by atoms with Crippen LogP contribution < -0.4 is 10.2 Å². The Morgan fingerprint density at radius 2 is 1.89 bits per heavy atom. The molecule has 1 aromatic rings. The zero-order valence-electron chi connectivity index (χ0n) is 10.2. The highest BCUT2D eigenvalue weighted by molar-refractivity contribution is 14.1. The molecule has 100 valence electrons. The third-order valence-corrected chi connectivity index (χ3v) is 3.98. The van der Waals surface area contributed by atoms with E-state index < -0.39 is 23.3 Å². The lowest BCUT2D eigenvalue weighted by molar-refractivity contribution is -0.140. The highest BCUT2D eigenvalue weighted by Crippen LogP contribution is 2.32. The molecule has 7 heteroatoms. The van der Waals surface area contributed by atoms with Crippen molar-refractivity contribution >= 4 is 57.7 Å². The number of imide groups is 2. The number of barbiturate groups is 1. The number of nitrogens with zero attached hydrogens (tertiary/aromatic N) is 1. The lowest BCUT2D eigenvalue weighted by atomic mass is 9.88. The summed E-state index contributed by atoms with van der Waals surface area (Å²) in [6, 6.07) is 4.06. The average Bonchev–Trinajstić information content (AvgIpc) is 2.30. The Kier molecular flexibility index (Phi) is 3.57. The van der Waals surface area contributed by atoms with Crippen LogP contribution in [0.1, 0.15) is 13.8 Å². The van der Waals surface area contributed by atoms with Crippen molar-refractivity contribution in [3.63, 3.8) is 0 Å². The monoisotopic (exact) mass is 392 g/mol. The number of carbonyl (C=O) groups is 3. The van der Waals surface area contributed by atoms with Crippen LogP contribution in [0.2, 0.25) is 5.02 Å². The first-order valence-electron chi connectivity index (χ1n) is 5.40. The molecule has 1 N–H and O–H groups in total. The minimum atomic E-state index is -1.28. The van der Waals surface area contributed by atoms with Crippen molar-refractivity contribution in [1.82, 2.24) is 5.32 Å². The maximum Gasteiger partial charge on any atom is 0.335 e. The molecule has 1 aliphatic rings. The predicted octanol–water partition coefficient (Wildman–Crippen LogP) is 2.55. The fourth-order valence-corrected chi connectivity index (χ4v) is 2.77. The molecular weight excluding hydrogens is 383 g/mol. The lowest BCUT2D eigenvalue weighted by Crippen LogP contribution is -2.62. The topological polar surface area (TPSA) is 66.5 Å². The van der Waals surface area contributed by atoms with Gasteiger partial charge in [0.05, 0.1) is 5.69 Å². The minimum absolute atomic E-state index is 0.410. The quantitative estimate of drug-likeness (QED) is 0.590. The van der Waals surface area contributed by atoms with Gasteiger partial charge in [-0.3, -0.25) is 14.9 Å². The third kappa shape index (κ3) is 2.34. The molecule has 2 rings (SSSR count). The number of nitrogens with one attached hydrogen (secondary N) is 1. The van der Waals surface area contributed by atoms with E-state index in [1.54, 1.807) is 18.2 Å². The van der Waals surface area contributed by atoms with E-state index in [0.717, 1.165) is 4.90 Å². The number of halogens is 2. The molecule has 1 saturated heterocycles. The zero-order chi connectivity index (χ0) is 14.4. The molecule has 0 bridgehead atoms. The van der Waals surface area contributed by atoms with E-state index in [4.69, 9.17) is 11.6 Å². The van der Waals surface area contributed by atoms with Gasteiger partial charge in [0.1, 0.15) is 5.41 Å². The van der Waals surface area contributed by atoms with Crippen molar-refractivity contribution in [1.29, 1.82) is 0 Å². The van der Waals surface area contributed by atoms with Gasteiger partial charge in [0, 0.05) is 8.59 Å². The molecule has 1 aliphatic heterocycles. The average molecular weight is 393 g/mol. The molecule has 0 atom stereocenters. The summed E-state index contributed by atoms with van der Waals surface area (Å²) in [4.78, 5) is 36.8. The molecule has 1 aromatic carbocycles. The van der Waals surface area contributed by atoms with Crippen LogP contribution in [0.4, 0.5) is 10.5 Å². The Morgan fingerprint density at radius 1 is 1.26 bits per heavy atom. The Labute approximate surface area is 128 Å². The van der Waals surface area contributed by atoms with E-state index in [2.05, 4.69) is 5.32 Å². The molecule has 0 radical (unpaired) electrons. The number of hydrogen-bond acceptors (Lipinski definition) is 3. The fraction of sp³-hybridized carbons (Fsp3) is 0.250. The van der Waals surface area contributed by atoms with E-state index in [-0.39, 0.29) is 0 Å². The first kappa shape index (κ1) is 14.3. The van der Waals surface area contributed by atoms with E-state index in [9.17, 15) is 14.4 Å². The SMILES string of the molecule is CC1(C)C(=O)NC(=O)N(c2ccc(Cl)cc2I)C1=O. The van der Waals surface area contributed by atoms with Crippen LogP contribution in [0.3, 0.4) is 0 Å². The van der Waals surface area contributed by atoms with Crippen LogP contribution >= 0.6 is 34.2 Å².